The number of amides is 1. The fourth-order valence-electron chi connectivity index (χ4n) is 3.61. The van der Waals surface area contributed by atoms with Crippen molar-refractivity contribution in [2.24, 2.45) is 5.92 Å². The Morgan fingerprint density at radius 2 is 1.93 bits per heavy atom. The summed E-state index contributed by atoms with van der Waals surface area (Å²) in [5.74, 6) is -1.78. The number of carboxylic acid groups (broad SMARTS) is 1. The number of halogens is 3. The molecule has 4 rings (SSSR count). The molecule has 1 atom stereocenters. The standard InChI is InChI=1S/C19H18F3N3O3/c20-19(21,22)13-2-1-3-14(8-13)25-16(11-4-5-11)15(9-23-25)17(26)24-7-6-12(10-24)18(27)28/h1-3,8-9,11-12H,4-7,10H2,(H,27,28)/t12-/m0/s1. The first-order valence-electron chi connectivity index (χ1n) is 9.03. The molecule has 9 heteroatoms. The summed E-state index contributed by atoms with van der Waals surface area (Å²) in [6.45, 7) is 0.474. The number of alkyl halides is 3. The summed E-state index contributed by atoms with van der Waals surface area (Å²) >= 11 is 0. The molecule has 0 bridgehead atoms. The van der Waals surface area contributed by atoms with E-state index in [-0.39, 0.29) is 24.1 Å². The number of carbonyl (C=O) groups excluding carboxylic acids is 1. The third kappa shape index (κ3) is 3.36. The van der Waals surface area contributed by atoms with Gasteiger partial charge in [-0.15, -0.1) is 0 Å². The fraction of sp³-hybridized carbons (Fsp3) is 0.421. The lowest BCUT2D eigenvalue weighted by molar-refractivity contribution is -0.141. The highest BCUT2D eigenvalue weighted by Crippen LogP contribution is 2.43. The van der Waals surface area contributed by atoms with Crippen molar-refractivity contribution in [3.63, 3.8) is 0 Å². The van der Waals surface area contributed by atoms with Gasteiger partial charge in [-0.2, -0.15) is 18.3 Å². The first-order valence-corrected chi connectivity index (χ1v) is 9.03. The number of hydrogen-bond donors (Lipinski definition) is 1. The predicted molar refractivity (Wildman–Crippen MR) is 92.2 cm³/mol. The first kappa shape index (κ1) is 18.5. The van der Waals surface area contributed by atoms with Crippen LogP contribution in [0.1, 0.15) is 46.8 Å². The van der Waals surface area contributed by atoms with E-state index in [2.05, 4.69) is 5.10 Å². The molecule has 2 aromatic rings. The van der Waals surface area contributed by atoms with Crippen LogP contribution in [0.2, 0.25) is 0 Å². The Balaban J connectivity index is 1.68. The number of rotatable bonds is 4. The number of likely N-dealkylation sites (tertiary alicyclic amines) is 1. The van der Waals surface area contributed by atoms with Crippen LogP contribution in [0.25, 0.3) is 5.69 Å². The molecule has 2 fully saturated rings. The molecule has 1 aromatic heterocycles. The average molecular weight is 393 g/mol. The van der Waals surface area contributed by atoms with Gasteiger partial charge >= 0.3 is 12.1 Å². The summed E-state index contributed by atoms with van der Waals surface area (Å²) in [7, 11) is 0. The minimum atomic E-state index is -4.47. The van der Waals surface area contributed by atoms with Crippen LogP contribution in [-0.2, 0) is 11.0 Å². The summed E-state index contributed by atoms with van der Waals surface area (Å²) in [5, 5.41) is 13.3. The highest BCUT2D eigenvalue weighted by molar-refractivity contribution is 5.96. The van der Waals surface area contributed by atoms with Crippen molar-refractivity contribution in [2.75, 3.05) is 13.1 Å². The van der Waals surface area contributed by atoms with Crippen molar-refractivity contribution in [3.8, 4) is 5.69 Å². The van der Waals surface area contributed by atoms with Gasteiger partial charge in [-0.05, 0) is 37.5 Å². The molecule has 1 saturated carbocycles. The maximum absolute atomic E-state index is 13.1. The highest BCUT2D eigenvalue weighted by atomic mass is 19.4. The van der Waals surface area contributed by atoms with Crippen molar-refractivity contribution in [1.82, 2.24) is 14.7 Å². The molecular weight excluding hydrogens is 375 g/mol. The number of carboxylic acids is 1. The maximum atomic E-state index is 13.1. The van der Waals surface area contributed by atoms with Crippen LogP contribution in [0.5, 0.6) is 0 Å². The van der Waals surface area contributed by atoms with Crippen LogP contribution in [0, 0.1) is 5.92 Å². The third-order valence-corrected chi connectivity index (χ3v) is 5.24. The molecule has 6 nitrogen and oxygen atoms in total. The summed E-state index contributed by atoms with van der Waals surface area (Å²) in [6, 6.07) is 4.85. The fourth-order valence-corrected chi connectivity index (χ4v) is 3.61. The average Bonchev–Trinajstić information content (AvgIpc) is 3.20. The summed E-state index contributed by atoms with van der Waals surface area (Å²) in [6.07, 6.45) is -1.03. The number of carbonyl (C=O) groups is 2. The van der Waals surface area contributed by atoms with Crippen LogP contribution in [0.15, 0.2) is 30.5 Å². The minimum Gasteiger partial charge on any atom is -0.481 e. The Hall–Kier alpha value is -2.84. The van der Waals surface area contributed by atoms with Crippen LogP contribution in [0.4, 0.5) is 13.2 Å². The second-order valence-electron chi connectivity index (χ2n) is 7.25. The molecule has 0 spiro atoms. The van der Waals surface area contributed by atoms with Gasteiger partial charge in [-0.1, -0.05) is 6.07 Å². The highest BCUT2D eigenvalue weighted by Gasteiger charge is 2.37. The molecule has 2 heterocycles. The molecule has 1 amide bonds. The number of hydrogen-bond acceptors (Lipinski definition) is 3. The van der Waals surface area contributed by atoms with E-state index in [9.17, 15) is 22.8 Å². The quantitative estimate of drug-likeness (QED) is 0.865. The Morgan fingerprint density at radius 1 is 1.18 bits per heavy atom. The topological polar surface area (TPSA) is 75.4 Å². The summed E-state index contributed by atoms with van der Waals surface area (Å²) in [5.41, 5.74) is 0.411. The van der Waals surface area contributed by atoms with Crippen LogP contribution >= 0.6 is 0 Å². The zero-order valence-corrected chi connectivity index (χ0v) is 14.8. The lowest BCUT2D eigenvalue weighted by Crippen LogP contribution is -2.30. The Kier molecular flexibility index (Phi) is 4.40. The summed E-state index contributed by atoms with van der Waals surface area (Å²) in [4.78, 5) is 25.6. The van der Waals surface area contributed by atoms with Gasteiger partial charge in [-0.25, -0.2) is 4.68 Å². The largest absolute Gasteiger partial charge is 0.481 e. The van der Waals surface area contributed by atoms with Gasteiger partial charge in [-0.3, -0.25) is 9.59 Å². The Morgan fingerprint density at radius 3 is 2.54 bits per heavy atom. The van der Waals surface area contributed by atoms with Crippen molar-refractivity contribution in [2.45, 2.75) is 31.4 Å². The van der Waals surface area contributed by atoms with Gasteiger partial charge in [0, 0.05) is 19.0 Å². The smallest absolute Gasteiger partial charge is 0.416 e. The monoisotopic (exact) mass is 393 g/mol. The van der Waals surface area contributed by atoms with Gasteiger partial charge in [0.25, 0.3) is 5.91 Å². The van der Waals surface area contributed by atoms with Crippen molar-refractivity contribution < 1.29 is 27.9 Å². The van der Waals surface area contributed by atoms with E-state index in [4.69, 9.17) is 5.11 Å². The van der Waals surface area contributed by atoms with E-state index < -0.39 is 23.6 Å². The number of aliphatic carboxylic acids is 1. The zero-order chi connectivity index (χ0) is 20.1. The van der Waals surface area contributed by atoms with Crippen molar-refractivity contribution in [1.29, 1.82) is 0 Å². The second-order valence-corrected chi connectivity index (χ2v) is 7.25. The van der Waals surface area contributed by atoms with E-state index >= 15 is 0 Å². The predicted octanol–water partition coefficient (Wildman–Crippen LogP) is 3.32. The molecule has 1 aliphatic heterocycles. The van der Waals surface area contributed by atoms with E-state index in [1.165, 1.54) is 27.9 Å². The zero-order valence-electron chi connectivity index (χ0n) is 14.8. The first-order chi connectivity index (χ1) is 13.3. The lowest BCUT2D eigenvalue weighted by Gasteiger charge is -2.17. The Bertz CT molecular complexity index is 934. The van der Waals surface area contributed by atoms with E-state index in [0.29, 0.717) is 24.2 Å². The van der Waals surface area contributed by atoms with Gasteiger partial charge in [0.1, 0.15) is 0 Å². The number of nitrogens with zero attached hydrogens (tertiary/aromatic N) is 3. The van der Waals surface area contributed by atoms with E-state index in [1.807, 2.05) is 0 Å². The van der Waals surface area contributed by atoms with Gasteiger partial charge in [0.05, 0.1) is 34.6 Å². The van der Waals surface area contributed by atoms with Crippen LogP contribution in [-0.4, -0.2) is 44.8 Å². The Labute approximate surface area is 158 Å². The third-order valence-electron chi connectivity index (χ3n) is 5.24. The second kappa shape index (κ2) is 6.65. The molecule has 0 unspecified atom stereocenters. The minimum absolute atomic E-state index is 0.0638. The molecule has 1 N–H and O–H groups in total. The van der Waals surface area contributed by atoms with Crippen LogP contribution < -0.4 is 0 Å². The number of benzene rings is 1. The maximum Gasteiger partial charge on any atom is 0.416 e. The molecular formula is C19H18F3N3O3. The molecule has 1 aliphatic carbocycles. The molecule has 148 valence electrons. The molecule has 2 aliphatic rings. The van der Waals surface area contributed by atoms with Crippen molar-refractivity contribution >= 4 is 11.9 Å². The SMILES string of the molecule is O=C(O)[C@H]1CCN(C(=O)c2cnn(-c3cccc(C(F)(F)F)c3)c2C2CC2)C1. The van der Waals surface area contributed by atoms with Gasteiger partial charge in [0.15, 0.2) is 0 Å². The normalized spacial score (nSPS) is 19.8. The number of aromatic nitrogens is 2. The van der Waals surface area contributed by atoms with Gasteiger partial charge < -0.3 is 10.0 Å². The molecule has 28 heavy (non-hydrogen) atoms. The van der Waals surface area contributed by atoms with E-state index in [1.54, 1.807) is 0 Å². The molecule has 0 radical (unpaired) electrons. The molecule has 1 saturated heterocycles. The van der Waals surface area contributed by atoms with Crippen molar-refractivity contribution in [3.05, 3.63) is 47.3 Å². The van der Waals surface area contributed by atoms with Crippen LogP contribution in [0.3, 0.4) is 0 Å². The van der Waals surface area contributed by atoms with E-state index in [0.717, 1.165) is 25.0 Å². The summed E-state index contributed by atoms with van der Waals surface area (Å²) < 4.78 is 40.6. The molecule has 1 aromatic carbocycles. The lowest BCUT2D eigenvalue weighted by atomic mass is 10.1. The van der Waals surface area contributed by atoms with Gasteiger partial charge in [0.2, 0.25) is 0 Å².